The highest BCUT2D eigenvalue weighted by atomic mass is 32.1. The number of Topliss-reactive ketones (excluding diaryl/α,β-unsaturated/α-hetero) is 1. The van der Waals surface area contributed by atoms with E-state index < -0.39 is 0 Å². The summed E-state index contributed by atoms with van der Waals surface area (Å²) in [6, 6.07) is 7.44. The molecule has 0 radical (unpaired) electrons. The van der Waals surface area contributed by atoms with Gasteiger partial charge >= 0.3 is 4.87 Å². The molecule has 0 bridgehead atoms. The lowest BCUT2D eigenvalue weighted by Crippen LogP contribution is -2.20. The van der Waals surface area contributed by atoms with E-state index in [-0.39, 0.29) is 17.2 Å². The number of benzene rings is 1. The van der Waals surface area contributed by atoms with Crippen molar-refractivity contribution in [3.8, 4) is 0 Å². The molecule has 0 saturated heterocycles. The Labute approximate surface area is 110 Å². The van der Waals surface area contributed by atoms with Crippen molar-refractivity contribution in [3.05, 3.63) is 55.6 Å². The van der Waals surface area contributed by atoms with Crippen LogP contribution >= 0.6 is 11.3 Å². The highest BCUT2D eigenvalue weighted by Crippen LogP contribution is 2.11. The van der Waals surface area contributed by atoms with Gasteiger partial charge in [0.25, 0.3) is 0 Å². The minimum Gasteiger partial charge on any atom is -0.295 e. The highest BCUT2D eigenvalue weighted by molar-refractivity contribution is 7.09. The second-order valence-corrected chi connectivity index (χ2v) is 5.55. The van der Waals surface area contributed by atoms with Crippen LogP contribution in [-0.2, 0) is 6.54 Å². The molecule has 94 valence electrons. The van der Waals surface area contributed by atoms with Gasteiger partial charge in [0.1, 0.15) is 0 Å². The lowest BCUT2D eigenvalue weighted by Gasteiger charge is -2.05. The number of carbonyl (C=O) groups excluding carboxylic acids is 1. The fraction of sp³-hybridized carbons (Fsp3) is 0.286. The normalized spacial score (nSPS) is 10.6. The van der Waals surface area contributed by atoms with Crippen LogP contribution in [0, 0.1) is 20.8 Å². The molecule has 0 fully saturated rings. The Morgan fingerprint density at radius 3 is 2.56 bits per heavy atom. The van der Waals surface area contributed by atoms with Gasteiger partial charge in [-0.1, -0.05) is 35.1 Å². The zero-order valence-electron chi connectivity index (χ0n) is 10.7. The van der Waals surface area contributed by atoms with Crippen LogP contribution in [0.5, 0.6) is 0 Å². The molecule has 0 aliphatic rings. The molecule has 1 heterocycles. The Bertz CT molecular complexity index is 652. The van der Waals surface area contributed by atoms with E-state index in [1.54, 1.807) is 10.6 Å². The Morgan fingerprint density at radius 2 is 2.00 bits per heavy atom. The van der Waals surface area contributed by atoms with Crippen LogP contribution in [0.15, 0.2) is 29.1 Å². The summed E-state index contributed by atoms with van der Waals surface area (Å²) in [6.45, 7) is 5.84. The fourth-order valence-electron chi connectivity index (χ4n) is 1.82. The molecule has 0 N–H and O–H groups in total. The van der Waals surface area contributed by atoms with Crippen molar-refractivity contribution in [1.82, 2.24) is 4.57 Å². The molecule has 18 heavy (non-hydrogen) atoms. The maximum absolute atomic E-state index is 12.1. The summed E-state index contributed by atoms with van der Waals surface area (Å²) in [5.41, 5.74) is 2.59. The summed E-state index contributed by atoms with van der Waals surface area (Å²) in [6.07, 6.45) is 0. The molecule has 0 amide bonds. The predicted octanol–water partition coefficient (Wildman–Crippen LogP) is 2.72. The summed E-state index contributed by atoms with van der Waals surface area (Å²) < 4.78 is 1.55. The monoisotopic (exact) mass is 261 g/mol. The fourth-order valence-corrected chi connectivity index (χ4v) is 2.65. The van der Waals surface area contributed by atoms with Gasteiger partial charge in [-0.15, -0.1) is 0 Å². The standard InChI is InChI=1S/C14H15NO2S/c1-9-5-4-6-12(7-9)13(16)8-15-10(2)11(3)18-14(15)17/h4-7H,8H2,1-3H3. The molecule has 4 heteroatoms. The van der Waals surface area contributed by atoms with Gasteiger partial charge in [0, 0.05) is 16.1 Å². The van der Waals surface area contributed by atoms with Crippen molar-refractivity contribution in [2.75, 3.05) is 0 Å². The Morgan fingerprint density at radius 1 is 1.28 bits per heavy atom. The summed E-state index contributed by atoms with van der Waals surface area (Å²) in [4.78, 5) is 24.8. The molecule has 1 aromatic heterocycles. The maximum atomic E-state index is 12.1. The molecule has 0 saturated carbocycles. The smallest absolute Gasteiger partial charge is 0.295 e. The van der Waals surface area contributed by atoms with Crippen LogP contribution in [-0.4, -0.2) is 10.4 Å². The van der Waals surface area contributed by atoms with Crippen LogP contribution in [0.2, 0.25) is 0 Å². The number of ketones is 1. The zero-order valence-corrected chi connectivity index (χ0v) is 11.5. The Balaban J connectivity index is 2.30. The molecule has 2 aromatic rings. The van der Waals surface area contributed by atoms with Crippen molar-refractivity contribution in [2.24, 2.45) is 0 Å². The quantitative estimate of drug-likeness (QED) is 0.797. The molecular weight excluding hydrogens is 246 g/mol. The van der Waals surface area contributed by atoms with E-state index in [0.717, 1.165) is 16.1 Å². The van der Waals surface area contributed by atoms with E-state index in [9.17, 15) is 9.59 Å². The molecular formula is C14H15NO2S. The van der Waals surface area contributed by atoms with E-state index in [1.807, 2.05) is 39.0 Å². The van der Waals surface area contributed by atoms with Crippen molar-refractivity contribution >= 4 is 17.1 Å². The number of carbonyl (C=O) groups is 1. The molecule has 0 aliphatic carbocycles. The molecule has 0 aliphatic heterocycles. The van der Waals surface area contributed by atoms with Crippen molar-refractivity contribution in [3.63, 3.8) is 0 Å². The van der Waals surface area contributed by atoms with Gasteiger partial charge in [0.05, 0.1) is 6.54 Å². The first-order chi connectivity index (χ1) is 8.49. The van der Waals surface area contributed by atoms with E-state index >= 15 is 0 Å². The van der Waals surface area contributed by atoms with Crippen molar-refractivity contribution in [1.29, 1.82) is 0 Å². The third-order valence-electron chi connectivity index (χ3n) is 3.02. The largest absolute Gasteiger partial charge is 0.307 e. The van der Waals surface area contributed by atoms with E-state index in [4.69, 9.17) is 0 Å². The van der Waals surface area contributed by atoms with Crippen LogP contribution in [0.4, 0.5) is 0 Å². The summed E-state index contributed by atoms with van der Waals surface area (Å²) in [5.74, 6) is -0.0262. The van der Waals surface area contributed by atoms with Gasteiger partial charge in [-0.25, -0.2) is 0 Å². The maximum Gasteiger partial charge on any atom is 0.307 e. The Kier molecular flexibility index (Phi) is 3.48. The Hall–Kier alpha value is -1.68. The first-order valence-corrected chi connectivity index (χ1v) is 6.57. The SMILES string of the molecule is Cc1cccc(C(=O)Cn2c(C)c(C)sc2=O)c1. The van der Waals surface area contributed by atoms with Gasteiger partial charge in [0.2, 0.25) is 0 Å². The molecule has 0 unspecified atom stereocenters. The van der Waals surface area contributed by atoms with Crippen LogP contribution in [0.3, 0.4) is 0 Å². The van der Waals surface area contributed by atoms with E-state index in [1.165, 1.54) is 11.3 Å². The first-order valence-electron chi connectivity index (χ1n) is 5.75. The molecule has 3 nitrogen and oxygen atoms in total. The number of rotatable bonds is 3. The van der Waals surface area contributed by atoms with Gasteiger partial charge in [0.15, 0.2) is 5.78 Å². The summed E-state index contributed by atoms with van der Waals surface area (Å²) in [7, 11) is 0. The summed E-state index contributed by atoms with van der Waals surface area (Å²) in [5, 5.41) is 0. The average molecular weight is 261 g/mol. The third kappa shape index (κ3) is 2.43. The highest BCUT2D eigenvalue weighted by Gasteiger charge is 2.12. The average Bonchev–Trinajstić information content (AvgIpc) is 2.56. The van der Waals surface area contributed by atoms with E-state index in [2.05, 4.69) is 0 Å². The molecule has 2 rings (SSSR count). The second kappa shape index (κ2) is 4.90. The lowest BCUT2D eigenvalue weighted by molar-refractivity contribution is 0.0970. The third-order valence-corrected chi connectivity index (χ3v) is 4.01. The topological polar surface area (TPSA) is 39.1 Å². The van der Waals surface area contributed by atoms with Gasteiger partial charge < -0.3 is 0 Å². The van der Waals surface area contributed by atoms with Crippen LogP contribution in [0.1, 0.15) is 26.5 Å². The number of nitrogens with zero attached hydrogens (tertiary/aromatic N) is 1. The predicted molar refractivity (Wildman–Crippen MR) is 73.6 cm³/mol. The zero-order chi connectivity index (χ0) is 13.3. The minimum absolute atomic E-state index is 0.0262. The van der Waals surface area contributed by atoms with Crippen molar-refractivity contribution in [2.45, 2.75) is 27.3 Å². The number of aryl methyl sites for hydroxylation is 2. The van der Waals surface area contributed by atoms with Crippen LogP contribution in [0.25, 0.3) is 0 Å². The summed E-state index contributed by atoms with van der Waals surface area (Å²) >= 11 is 1.19. The molecule has 0 spiro atoms. The second-order valence-electron chi connectivity index (χ2n) is 4.39. The number of thiazole rings is 1. The lowest BCUT2D eigenvalue weighted by atomic mass is 10.1. The van der Waals surface area contributed by atoms with Crippen LogP contribution < -0.4 is 4.87 Å². The number of aromatic nitrogens is 1. The van der Waals surface area contributed by atoms with Gasteiger partial charge in [-0.2, -0.15) is 0 Å². The first kappa shape index (κ1) is 12.8. The van der Waals surface area contributed by atoms with Crippen molar-refractivity contribution < 1.29 is 4.79 Å². The minimum atomic E-state index is -0.0639. The van der Waals surface area contributed by atoms with Gasteiger partial charge in [-0.3, -0.25) is 14.2 Å². The number of hydrogen-bond acceptors (Lipinski definition) is 3. The van der Waals surface area contributed by atoms with Gasteiger partial charge in [-0.05, 0) is 26.8 Å². The molecule has 0 atom stereocenters. The van der Waals surface area contributed by atoms with E-state index in [0.29, 0.717) is 5.56 Å². The molecule has 1 aromatic carbocycles. The number of hydrogen-bond donors (Lipinski definition) is 0.